The van der Waals surface area contributed by atoms with E-state index in [4.69, 9.17) is 4.98 Å². The van der Waals surface area contributed by atoms with E-state index in [9.17, 15) is 0 Å². The lowest BCUT2D eigenvalue weighted by Crippen LogP contribution is -2.00. The molecule has 2 heterocycles. The van der Waals surface area contributed by atoms with Gasteiger partial charge in [-0.25, -0.2) is 15.0 Å². The number of hydrogen-bond acceptors (Lipinski definition) is 4. The maximum atomic E-state index is 4.81. The molecule has 3 aromatic carbocycles. The van der Waals surface area contributed by atoms with Crippen LogP contribution in [-0.4, -0.2) is 19.9 Å². The van der Waals surface area contributed by atoms with Gasteiger partial charge in [0.25, 0.3) is 0 Å². The lowest BCUT2D eigenvalue weighted by molar-refractivity contribution is 0.992. The molecule has 5 aromatic rings. The molecule has 0 spiro atoms. The third kappa shape index (κ3) is 4.09. The lowest BCUT2D eigenvalue weighted by atomic mass is 9.96. The van der Waals surface area contributed by atoms with Crippen LogP contribution in [0.2, 0.25) is 0 Å². The fraction of sp³-hybridized carbons (Fsp3) is 0.0370. The van der Waals surface area contributed by atoms with Gasteiger partial charge in [-0.05, 0) is 47.9 Å². The minimum absolute atomic E-state index is 0.661. The molecule has 0 aliphatic carbocycles. The summed E-state index contributed by atoms with van der Waals surface area (Å²) in [6.07, 6.45) is 3.66. The standard InChI is InChI=1S/C27H20N4/c1-19-29-26(21-11-6-3-7-12-21)31-27(30-19)25-16-23(20-9-4-2-5-10-20)15-24(17-25)22-13-8-14-28-18-22/h2-18H,1H3. The Morgan fingerprint density at radius 3 is 1.68 bits per heavy atom. The largest absolute Gasteiger partial charge is 0.264 e. The molecule has 0 aliphatic heterocycles. The van der Waals surface area contributed by atoms with Gasteiger partial charge in [0.2, 0.25) is 0 Å². The third-order valence-electron chi connectivity index (χ3n) is 5.07. The van der Waals surface area contributed by atoms with Crippen molar-refractivity contribution < 1.29 is 0 Å². The van der Waals surface area contributed by atoms with E-state index in [1.165, 1.54) is 0 Å². The molecule has 0 radical (unpaired) electrons. The van der Waals surface area contributed by atoms with Crippen molar-refractivity contribution in [2.24, 2.45) is 0 Å². The molecule has 0 saturated carbocycles. The zero-order valence-electron chi connectivity index (χ0n) is 17.1. The average Bonchev–Trinajstić information content (AvgIpc) is 2.85. The summed E-state index contributed by atoms with van der Waals surface area (Å²) < 4.78 is 0. The lowest BCUT2D eigenvalue weighted by Gasteiger charge is -2.11. The first-order valence-electron chi connectivity index (χ1n) is 10.2. The molecule has 0 fully saturated rings. The van der Waals surface area contributed by atoms with Crippen LogP contribution in [0.1, 0.15) is 5.82 Å². The van der Waals surface area contributed by atoms with Crippen molar-refractivity contribution in [3.05, 3.63) is 109 Å². The maximum absolute atomic E-state index is 4.81. The van der Waals surface area contributed by atoms with Crippen LogP contribution in [0.3, 0.4) is 0 Å². The van der Waals surface area contributed by atoms with Crippen molar-refractivity contribution in [2.45, 2.75) is 6.92 Å². The van der Waals surface area contributed by atoms with Gasteiger partial charge in [0.1, 0.15) is 5.82 Å². The second kappa shape index (κ2) is 8.28. The third-order valence-corrected chi connectivity index (χ3v) is 5.07. The highest BCUT2D eigenvalue weighted by atomic mass is 15.0. The van der Waals surface area contributed by atoms with Gasteiger partial charge in [-0.1, -0.05) is 66.7 Å². The zero-order chi connectivity index (χ0) is 21.0. The molecular formula is C27H20N4. The van der Waals surface area contributed by atoms with E-state index in [0.29, 0.717) is 17.5 Å². The number of aromatic nitrogens is 4. The Bertz CT molecular complexity index is 1260. The van der Waals surface area contributed by atoms with Crippen molar-refractivity contribution in [3.63, 3.8) is 0 Å². The van der Waals surface area contributed by atoms with Crippen molar-refractivity contribution in [3.8, 4) is 45.0 Å². The SMILES string of the molecule is Cc1nc(-c2ccccc2)nc(-c2cc(-c3ccccc3)cc(-c3cccnc3)c2)n1. The monoisotopic (exact) mass is 400 g/mol. The van der Waals surface area contributed by atoms with Crippen LogP contribution in [0.5, 0.6) is 0 Å². The number of rotatable bonds is 4. The molecule has 0 aliphatic rings. The summed E-state index contributed by atoms with van der Waals surface area (Å²) in [5.74, 6) is 2.03. The van der Waals surface area contributed by atoms with Gasteiger partial charge in [0.05, 0.1) is 0 Å². The van der Waals surface area contributed by atoms with Gasteiger partial charge < -0.3 is 0 Å². The summed E-state index contributed by atoms with van der Waals surface area (Å²) in [6, 6.07) is 30.8. The molecule has 0 amide bonds. The molecule has 148 valence electrons. The molecule has 4 heteroatoms. The van der Waals surface area contributed by atoms with Crippen LogP contribution in [0, 0.1) is 6.92 Å². The van der Waals surface area contributed by atoms with Crippen LogP contribution in [-0.2, 0) is 0 Å². The summed E-state index contributed by atoms with van der Waals surface area (Å²) >= 11 is 0. The van der Waals surface area contributed by atoms with Gasteiger partial charge in [-0.3, -0.25) is 4.98 Å². The number of benzene rings is 3. The van der Waals surface area contributed by atoms with E-state index in [1.54, 1.807) is 6.20 Å². The fourth-order valence-electron chi connectivity index (χ4n) is 3.58. The van der Waals surface area contributed by atoms with E-state index < -0.39 is 0 Å². The second-order valence-electron chi connectivity index (χ2n) is 7.30. The molecule has 0 bridgehead atoms. The zero-order valence-corrected chi connectivity index (χ0v) is 17.1. The molecule has 0 unspecified atom stereocenters. The second-order valence-corrected chi connectivity index (χ2v) is 7.30. The number of aryl methyl sites for hydroxylation is 1. The molecule has 0 atom stereocenters. The van der Waals surface area contributed by atoms with Gasteiger partial charge in [0, 0.05) is 29.1 Å². The fourth-order valence-corrected chi connectivity index (χ4v) is 3.58. The van der Waals surface area contributed by atoms with E-state index in [1.807, 2.05) is 67.7 Å². The van der Waals surface area contributed by atoms with Crippen LogP contribution < -0.4 is 0 Å². The summed E-state index contributed by atoms with van der Waals surface area (Å²) in [4.78, 5) is 18.3. The first-order chi connectivity index (χ1) is 15.3. The Balaban J connectivity index is 1.70. The van der Waals surface area contributed by atoms with Gasteiger partial charge in [-0.2, -0.15) is 0 Å². The van der Waals surface area contributed by atoms with Crippen molar-refractivity contribution in [2.75, 3.05) is 0 Å². The number of pyridine rings is 1. The maximum Gasteiger partial charge on any atom is 0.163 e. The summed E-state index contributed by atoms with van der Waals surface area (Å²) in [5, 5.41) is 0. The van der Waals surface area contributed by atoms with Gasteiger partial charge >= 0.3 is 0 Å². The molecule has 0 saturated heterocycles. The number of nitrogens with zero attached hydrogens (tertiary/aromatic N) is 4. The van der Waals surface area contributed by atoms with Crippen molar-refractivity contribution in [1.82, 2.24) is 19.9 Å². The first kappa shape index (κ1) is 18.8. The minimum atomic E-state index is 0.661. The normalized spacial score (nSPS) is 10.7. The molecule has 5 rings (SSSR count). The predicted molar refractivity (Wildman–Crippen MR) is 124 cm³/mol. The quantitative estimate of drug-likeness (QED) is 0.358. The van der Waals surface area contributed by atoms with Gasteiger partial charge in [0.15, 0.2) is 11.6 Å². The average molecular weight is 400 g/mol. The Morgan fingerprint density at radius 2 is 1.03 bits per heavy atom. The van der Waals surface area contributed by atoms with Crippen LogP contribution >= 0.6 is 0 Å². The Kier molecular flexibility index (Phi) is 5.03. The highest BCUT2D eigenvalue weighted by Gasteiger charge is 2.12. The van der Waals surface area contributed by atoms with Crippen molar-refractivity contribution >= 4 is 0 Å². The molecule has 31 heavy (non-hydrogen) atoms. The van der Waals surface area contributed by atoms with Gasteiger partial charge in [-0.15, -0.1) is 0 Å². The van der Waals surface area contributed by atoms with Crippen LogP contribution in [0.25, 0.3) is 45.0 Å². The van der Waals surface area contributed by atoms with Crippen LogP contribution in [0.15, 0.2) is 103 Å². The molecule has 0 N–H and O–H groups in total. The van der Waals surface area contributed by atoms with Crippen LogP contribution in [0.4, 0.5) is 0 Å². The Morgan fingerprint density at radius 1 is 0.484 bits per heavy atom. The molecular weight excluding hydrogens is 380 g/mol. The van der Waals surface area contributed by atoms with E-state index >= 15 is 0 Å². The Hall–Kier alpha value is -4.18. The topological polar surface area (TPSA) is 51.6 Å². The van der Waals surface area contributed by atoms with Crippen molar-refractivity contribution in [1.29, 1.82) is 0 Å². The smallest absolute Gasteiger partial charge is 0.163 e. The summed E-state index contributed by atoms with van der Waals surface area (Å²) in [6.45, 7) is 1.90. The number of hydrogen-bond donors (Lipinski definition) is 0. The predicted octanol–water partition coefficient (Wildman–Crippen LogP) is 6.24. The van der Waals surface area contributed by atoms with E-state index in [0.717, 1.165) is 33.4 Å². The minimum Gasteiger partial charge on any atom is -0.264 e. The first-order valence-corrected chi connectivity index (χ1v) is 10.2. The highest BCUT2D eigenvalue weighted by molar-refractivity contribution is 5.79. The summed E-state index contributed by atoms with van der Waals surface area (Å²) in [5.41, 5.74) is 6.29. The molecule has 2 aromatic heterocycles. The van der Waals surface area contributed by atoms with E-state index in [2.05, 4.69) is 51.4 Å². The Labute approximate surface area is 181 Å². The molecule has 4 nitrogen and oxygen atoms in total. The summed E-state index contributed by atoms with van der Waals surface area (Å²) in [7, 11) is 0. The highest BCUT2D eigenvalue weighted by Crippen LogP contribution is 2.32. The van der Waals surface area contributed by atoms with E-state index in [-0.39, 0.29) is 0 Å².